The summed E-state index contributed by atoms with van der Waals surface area (Å²) in [6.07, 6.45) is 3.09. The van der Waals surface area contributed by atoms with Gasteiger partial charge in [-0.25, -0.2) is 0 Å². The van der Waals surface area contributed by atoms with E-state index < -0.39 is 6.04 Å². The summed E-state index contributed by atoms with van der Waals surface area (Å²) in [4.78, 5) is 31.0. The number of H-pyrrole nitrogens is 1. The quantitative estimate of drug-likeness (QED) is 0.562. The Bertz CT molecular complexity index is 1130. The molecule has 0 saturated carbocycles. The molecule has 166 valence electrons. The molecule has 0 radical (unpaired) electrons. The number of aromatic amines is 1. The van der Waals surface area contributed by atoms with Crippen molar-refractivity contribution in [2.45, 2.75) is 57.3 Å². The van der Waals surface area contributed by atoms with Gasteiger partial charge in [-0.2, -0.15) is 0 Å². The Morgan fingerprint density at radius 1 is 1.09 bits per heavy atom. The molecule has 3 N–H and O–H groups in total. The Morgan fingerprint density at radius 2 is 1.88 bits per heavy atom. The lowest BCUT2D eigenvalue weighted by Crippen LogP contribution is -2.61. The van der Waals surface area contributed by atoms with Gasteiger partial charge in [0.1, 0.15) is 12.1 Å². The molecule has 2 aromatic carbocycles. The van der Waals surface area contributed by atoms with Gasteiger partial charge < -0.3 is 20.5 Å². The molecule has 6 nitrogen and oxygen atoms in total. The number of nitrogens with zero attached hydrogens (tertiary/aromatic N) is 1. The monoisotopic (exact) mass is 430 g/mol. The minimum Gasteiger partial charge on any atom is -0.361 e. The molecule has 32 heavy (non-hydrogen) atoms. The largest absolute Gasteiger partial charge is 0.361 e. The minimum absolute atomic E-state index is 0.0190. The first-order valence-electron chi connectivity index (χ1n) is 11.5. The van der Waals surface area contributed by atoms with Crippen molar-refractivity contribution in [2.24, 2.45) is 0 Å². The molecule has 0 aliphatic carbocycles. The second-order valence-electron chi connectivity index (χ2n) is 9.34. The molecule has 3 heterocycles. The second-order valence-corrected chi connectivity index (χ2v) is 9.34. The average Bonchev–Trinajstić information content (AvgIpc) is 3.41. The van der Waals surface area contributed by atoms with Gasteiger partial charge in [0.15, 0.2) is 0 Å². The number of fused-ring (bicyclic) bond motifs is 2. The van der Waals surface area contributed by atoms with Crippen LogP contribution in [-0.4, -0.2) is 46.4 Å². The van der Waals surface area contributed by atoms with E-state index in [1.165, 1.54) is 11.1 Å². The molecule has 2 aliphatic rings. The summed E-state index contributed by atoms with van der Waals surface area (Å²) in [6.45, 7) is 5.69. The molecule has 0 spiro atoms. The third-order valence-corrected chi connectivity index (χ3v) is 6.84. The molecular formula is C26H30N4O2. The molecule has 2 fully saturated rings. The molecule has 5 rings (SSSR count). The van der Waals surface area contributed by atoms with Crippen molar-refractivity contribution in [3.8, 4) is 0 Å². The van der Waals surface area contributed by atoms with E-state index in [0.717, 1.165) is 23.0 Å². The number of benzene rings is 2. The van der Waals surface area contributed by atoms with Crippen LogP contribution in [0, 0.1) is 0 Å². The van der Waals surface area contributed by atoms with E-state index in [1.807, 2.05) is 30.5 Å². The number of hydrogen-bond donors (Lipinski definition) is 3. The van der Waals surface area contributed by atoms with Crippen LogP contribution in [0.2, 0.25) is 0 Å². The van der Waals surface area contributed by atoms with Crippen LogP contribution in [-0.2, 0) is 22.6 Å². The van der Waals surface area contributed by atoms with Crippen molar-refractivity contribution >= 4 is 22.7 Å². The van der Waals surface area contributed by atoms with E-state index in [-0.39, 0.29) is 23.9 Å². The fourth-order valence-electron chi connectivity index (χ4n) is 4.95. The molecule has 2 saturated heterocycles. The summed E-state index contributed by atoms with van der Waals surface area (Å²) in [5.41, 5.74) is 4.64. The van der Waals surface area contributed by atoms with Crippen LogP contribution < -0.4 is 10.6 Å². The van der Waals surface area contributed by atoms with Gasteiger partial charge in [-0.05, 0) is 35.1 Å². The number of aromatic nitrogens is 1. The molecule has 1 aromatic heterocycles. The van der Waals surface area contributed by atoms with Gasteiger partial charge in [-0.1, -0.05) is 56.3 Å². The van der Waals surface area contributed by atoms with Gasteiger partial charge in [0.25, 0.3) is 0 Å². The van der Waals surface area contributed by atoms with Crippen molar-refractivity contribution in [1.29, 1.82) is 0 Å². The first kappa shape index (κ1) is 20.8. The van der Waals surface area contributed by atoms with Crippen LogP contribution >= 0.6 is 0 Å². The molecule has 6 heteroatoms. The zero-order chi connectivity index (χ0) is 22.2. The van der Waals surface area contributed by atoms with Gasteiger partial charge in [0, 0.05) is 42.7 Å². The van der Waals surface area contributed by atoms with Crippen molar-refractivity contribution in [1.82, 2.24) is 20.5 Å². The van der Waals surface area contributed by atoms with Crippen LogP contribution in [0.15, 0.2) is 54.7 Å². The van der Waals surface area contributed by atoms with E-state index in [2.05, 4.69) is 53.7 Å². The third-order valence-electron chi connectivity index (χ3n) is 6.84. The lowest BCUT2D eigenvalue weighted by molar-refractivity contribution is -0.146. The van der Waals surface area contributed by atoms with Gasteiger partial charge in [0.05, 0.1) is 0 Å². The maximum absolute atomic E-state index is 13.2. The zero-order valence-corrected chi connectivity index (χ0v) is 18.6. The van der Waals surface area contributed by atoms with Crippen LogP contribution in [0.3, 0.4) is 0 Å². The summed E-state index contributed by atoms with van der Waals surface area (Å²) in [6, 6.07) is 15.9. The average molecular weight is 431 g/mol. The summed E-state index contributed by atoms with van der Waals surface area (Å²) in [5.74, 6) is 0.495. The topological polar surface area (TPSA) is 77.2 Å². The predicted molar refractivity (Wildman–Crippen MR) is 125 cm³/mol. The van der Waals surface area contributed by atoms with Gasteiger partial charge in [-0.3, -0.25) is 9.59 Å². The predicted octanol–water partition coefficient (Wildman–Crippen LogP) is 3.09. The Morgan fingerprint density at radius 3 is 2.66 bits per heavy atom. The minimum atomic E-state index is -0.514. The van der Waals surface area contributed by atoms with Gasteiger partial charge >= 0.3 is 0 Å². The highest BCUT2D eigenvalue weighted by atomic mass is 16.2. The zero-order valence-electron chi connectivity index (χ0n) is 18.6. The van der Waals surface area contributed by atoms with Crippen molar-refractivity contribution in [3.63, 3.8) is 0 Å². The SMILES string of the molecule is CC(C)c1ccc(CN[C@H]2C[C@H]3C(=O)N[C@@H](Cc4c[nH]c5ccccc45)C(=O)N3C2)cc1. The van der Waals surface area contributed by atoms with Gasteiger partial charge in [-0.15, -0.1) is 0 Å². The van der Waals surface area contributed by atoms with Crippen molar-refractivity contribution < 1.29 is 9.59 Å². The van der Waals surface area contributed by atoms with E-state index in [9.17, 15) is 9.59 Å². The molecular weight excluding hydrogens is 400 g/mol. The lowest BCUT2D eigenvalue weighted by atomic mass is 10.0. The number of carbonyl (C=O) groups excluding carboxylic acids is 2. The summed E-state index contributed by atoms with van der Waals surface area (Å²) in [7, 11) is 0. The molecule has 2 amide bonds. The molecule has 2 aliphatic heterocycles. The number of rotatable bonds is 6. The Kier molecular flexibility index (Phi) is 5.47. The lowest BCUT2D eigenvalue weighted by Gasteiger charge is -2.34. The molecule has 3 atom stereocenters. The fraction of sp³-hybridized carbons (Fsp3) is 0.385. The molecule has 0 unspecified atom stereocenters. The van der Waals surface area contributed by atoms with E-state index >= 15 is 0 Å². The van der Waals surface area contributed by atoms with Gasteiger partial charge in [0.2, 0.25) is 11.8 Å². The van der Waals surface area contributed by atoms with Crippen molar-refractivity contribution in [2.75, 3.05) is 6.54 Å². The fourth-order valence-corrected chi connectivity index (χ4v) is 4.95. The maximum atomic E-state index is 13.2. The summed E-state index contributed by atoms with van der Waals surface area (Å²) >= 11 is 0. The second kappa shape index (κ2) is 8.43. The van der Waals surface area contributed by atoms with Crippen molar-refractivity contribution in [3.05, 3.63) is 71.4 Å². The normalized spacial score (nSPS) is 23.1. The van der Waals surface area contributed by atoms with Crippen LogP contribution in [0.25, 0.3) is 10.9 Å². The number of hydrogen-bond acceptors (Lipinski definition) is 3. The van der Waals surface area contributed by atoms with Crippen LogP contribution in [0.1, 0.15) is 42.9 Å². The highest BCUT2D eigenvalue weighted by Crippen LogP contribution is 2.26. The van der Waals surface area contributed by atoms with E-state index in [4.69, 9.17) is 0 Å². The summed E-state index contributed by atoms with van der Waals surface area (Å²) in [5, 5.41) is 7.63. The number of para-hydroxylation sites is 1. The number of nitrogens with one attached hydrogen (secondary N) is 3. The maximum Gasteiger partial charge on any atom is 0.246 e. The number of amides is 2. The number of piperazine rings is 1. The Hall–Kier alpha value is -3.12. The van der Waals surface area contributed by atoms with Crippen LogP contribution in [0.4, 0.5) is 0 Å². The summed E-state index contributed by atoms with van der Waals surface area (Å²) < 4.78 is 0. The van der Waals surface area contributed by atoms with E-state index in [1.54, 1.807) is 4.90 Å². The smallest absolute Gasteiger partial charge is 0.246 e. The Labute approximate surface area is 188 Å². The highest BCUT2D eigenvalue weighted by molar-refractivity contribution is 5.98. The first-order valence-corrected chi connectivity index (χ1v) is 11.5. The molecule has 3 aromatic rings. The Balaban J connectivity index is 1.23. The van der Waals surface area contributed by atoms with Crippen LogP contribution in [0.5, 0.6) is 0 Å². The highest BCUT2D eigenvalue weighted by Gasteiger charge is 2.46. The first-order chi connectivity index (χ1) is 15.5. The third kappa shape index (κ3) is 3.91. The number of carbonyl (C=O) groups is 2. The van der Waals surface area contributed by atoms with E-state index in [0.29, 0.717) is 25.3 Å². The molecule has 0 bridgehead atoms. The standard InChI is InChI=1S/C26H30N4O2/c1-16(2)18-9-7-17(8-10-18)13-27-20-12-24-25(31)29-23(26(32)30(24)15-20)11-19-14-28-22-6-4-3-5-21(19)22/h3-10,14,16,20,23-24,27-28H,11-13,15H2,1-2H3,(H,29,31)/t20-,23-,24-/m0/s1.